The molecule has 1 N–H and O–H groups in total. The maximum absolute atomic E-state index is 12.4. The molecule has 116 valence electrons. The number of likely N-dealkylation sites (tertiary alicyclic amines) is 1. The molecular weight excluding hydrogens is 277 g/mol. The Morgan fingerprint density at radius 1 is 1.40 bits per heavy atom. The smallest absolute Gasteiger partial charge is 0.406 e. The molecule has 0 saturated carbocycles. The molecule has 0 aromatic carbocycles. The number of halogens is 3. The van der Waals surface area contributed by atoms with Crippen LogP contribution in [0, 0.1) is 5.92 Å². The van der Waals surface area contributed by atoms with Gasteiger partial charge in [0, 0.05) is 26.1 Å². The van der Waals surface area contributed by atoms with Crippen molar-refractivity contribution in [1.82, 2.24) is 9.80 Å². The summed E-state index contributed by atoms with van der Waals surface area (Å²) in [5.74, 6) is -1.13. The third-order valence-electron chi connectivity index (χ3n) is 3.15. The second-order valence-electron chi connectivity index (χ2n) is 5.02. The summed E-state index contributed by atoms with van der Waals surface area (Å²) >= 11 is 0. The van der Waals surface area contributed by atoms with Crippen LogP contribution in [0.5, 0.6) is 0 Å². The molecule has 0 spiro atoms. The minimum atomic E-state index is -4.43. The lowest BCUT2D eigenvalue weighted by molar-refractivity contribution is -0.141. The first-order valence-corrected chi connectivity index (χ1v) is 6.55. The Kier molecular flexibility index (Phi) is 5.64. The second-order valence-corrected chi connectivity index (χ2v) is 5.02. The Labute approximate surface area is 115 Å². The SMILES string of the molecule is CCCN(CC(F)(F)F)C(=O)N1CCC(CC(=O)O)C1. The zero-order valence-electron chi connectivity index (χ0n) is 11.3. The summed E-state index contributed by atoms with van der Waals surface area (Å²) in [5.41, 5.74) is 0. The molecule has 0 aromatic rings. The van der Waals surface area contributed by atoms with Crippen LogP contribution in [0.15, 0.2) is 0 Å². The van der Waals surface area contributed by atoms with Crippen LogP contribution in [0.1, 0.15) is 26.2 Å². The molecular formula is C12H19F3N2O3. The fraction of sp³-hybridized carbons (Fsp3) is 0.833. The lowest BCUT2D eigenvalue weighted by Crippen LogP contribution is -2.46. The van der Waals surface area contributed by atoms with Gasteiger partial charge in [-0.15, -0.1) is 0 Å². The van der Waals surface area contributed by atoms with Gasteiger partial charge in [-0.25, -0.2) is 4.79 Å². The Morgan fingerprint density at radius 3 is 2.55 bits per heavy atom. The lowest BCUT2D eigenvalue weighted by atomic mass is 10.1. The molecule has 1 heterocycles. The van der Waals surface area contributed by atoms with Gasteiger partial charge in [0.25, 0.3) is 0 Å². The highest BCUT2D eigenvalue weighted by Crippen LogP contribution is 2.23. The van der Waals surface area contributed by atoms with Crippen molar-refractivity contribution in [1.29, 1.82) is 0 Å². The van der Waals surface area contributed by atoms with E-state index in [1.165, 1.54) is 4.90 Å². The largest absolute Gasteiger partial charge is 0.481 e. The van der Waals surface area contributed by atoms with Crippen molar-refractivity contribution in [3.63, 3.8) is 0 Å². The maximum atomic E-state index is 12.4. The van der Waals surface area contributed by atoms with Crippen molar-refractivity contribution >= 4 is 12.0 Å². The van der Waals surface area contributed by atoms with Gasteiger partial charge in [-0.1, -0.05) is 6.92 Å². The van der Waals surface area contributed by atoms with Gasteiger partial charge in [0.2, 0.25) is 0 Å². The second kappa shape index (κ2) is 6.81. The molecule has 0 aromatic heterocycles. The number of aliphatic carboxylic acids is 1. The summed E-state index contributed by atoms with van der Waals surface area (Å²) < 4.78 is 37.3. The number of rotatable bonds is 5. The summed E-state index contributed by atoms with van der Waals surface area (Å²) in [5, 5.41) is 8.68. The molecule has 0 aliphatic carbocycles. The number of urea groups is 1. The molecule has 8 heteroatoms. The van der Waals surface area contributed by atoms with Crippen LogP contribution in [0.3, 0.4) is 0 Å². The Balaban J connectivity index is 2.60. The van der Waals surface area contributed by atoms with E-state index < -0.39 is 24.7 Å². The van der Waals surface area contributed by atoms with E-state index in [0.29, 0.717) is 19.4 Å². The van der Waals surface area contributed by atoms with Crippen LogP contribution in [0.2, 0.25) is 0 Å². The predicted octanol–water partition coefficient (Wildman–Crippen LogP) is 2.18. The van der Waals surface area contributed by atoms with Crippen molar-refractivity contribution in [2.75, 3.05) is 26.2 Å². The molecule has 1 saturated heterocycles. The van der Waals surface area contributed by atoms with Crippen LogP contribution in [0.25, 0.3) is 0 Å². The topological polar surface area (TPSA) is 60.9 Å². The van der Waals surface area contributed by atoms with E-state index in [0.717, 1.165) is 4.90 Å². The quantitative estimate of drug-likeness (QED) is 0.846. The van der Waals surface area contributed by atoms with E-state index in [2.05, 4.69) is 0 Å². The summed E-state index contributed by atoms with van der Waals surface area (Å²) in [6.45, 7) is 1.00. The van der Waals surface area contributed by atoms with Gasteiger partial charge in [0.15, 0.2) is 0 Å². The number of amides is 2. The number of hydrogen-bond donors (Lipinski definition) is 1. The number of carbonyl (C=O) groups excluding carboxylic acids is 1. The number of carboxylic acid groups (broad SMARTS) is 1. The molecule has 1 fully saturated rings. The molecule has 1 rings (SSSR count). The number of nitrogens with zero attached hydrogens (tertiary/aromatic N) is 2. The van der Waals surface area contributed by atoms with Crippen molar-refractivity contribution in [2.24, 2.45) is 5.92 Å². The third-order valence-corrected chi connectivity index (χ3v) is 3.15. The summed E-state index contributed by atoms with van der Waals surface area (Å²) in [4.78, 5) is 24.7. The van der Waals surface area contributed by atoms with E-state index in [9.17, 15) is 22.8 Å². The summed E-state index contributed by atoms with van der Waals surface area (Å²) in [6.07, 6.45) is -3.53. The zero-order valence-corrected chi connectivity index (χ0v) is 11.3. The van der Waals surface area contributed by atoms with E-state index in [1.807, 2.05) is 0 Å². The van der Waals surface area contributed by atoms with Crippen LogP contribution in [0.4, 0.5) is 18.0 Å². The van der Waals surface area contributed by atoms with Crippen molar-refractivity contribution in [3.05, 3.63) is 0 Å². The van der Waals surface area contributed by atoms with Gasteiger partial charge in [0.1, 0.15) is 6.54 Å². The zero-order chi connectivity index (χ0) is 15.3. The van der Waals surface area contributed by atoms with Crippen molar-refractivity contribution in [3.8, 4) is 0 Å². The normalized spacial score (nSPS) is 19.2. The van der Waals surface area contributed by atoms with Gasteiger partial charge in [-0.2, -0.15) is 13.2 Å². The first-order valence-electron chi connectivity index (χ1n) is 6.55. The van der Waals surface area contributed by atoms with Crippen molar-refractivity contribution < 1.29 is 27.9 Å². The third kappa shape index (κ3) is 5.26. The molecule has 5 nitrogen and oxygen atoms in total. The standard InChI is InChI=1S/C12H19F3N2O3/c1-2-4-17(8-12(13,14)15)11(20)16-5-3-9(7-16)6-10(18)19/h9H,2-8H2,1H3,(H,18,19). The van der Waals surface area contributed by atoms with Crippen LogP contribution in [-0.4, -0.2) is 59.3 Å². The molecule has 0 radical (unpaired) electrons. The first kappa shape index (κ1) is 16.6. The van der Waals surface area contributed by atoms with Gasteiger partial charge < -0.3 is 14.9 Å². The molecule has 1 unspecified atom stereocenters. The minimum absolute atomic E-state index is 0.0401. The lowest BCUT2D eigenvalue weighted by Gasteiger charge is -2.28. The Hall–Kier alpha value is -1.47. The van der Waals surface area contributed by atoms with E-state index in [4.69, 9.17) is 5.11 Å². The maximum Gasteiger partial charge on any atom is 0.406 e. The molecule has 20 heavy (non-hydrogen) atoms. The van der Waals surface area contributed by atoms with Gasteiger partial charge in [-0.3, -0.25) is 4.79 Å². The molecule has 1 aliphatic rings. The predicted molar refractivity (Wildman–Crippen MR) is 65.2 cm³/mol. The van der Waals surface area contributed by atoms with E-state index in [1.54, 1.807) is 6.92 Å². The van der Waals surface area contributed by atoms with E-state index >= 15 is 0 Å². The number of carbonyl (C=O) groups is 2. The highest BCUT2D eigenvalue weighted by molar-refractivity contribution is 5.75. The average Bonchev–Trinajstić information content (AvgIpc) is 2.73. The summed E-state index contributed by atoms with van der Waals surface area (Å²) in [7, 11) is 0. The van der Waals surface area contributed by atoms with Crippen LogP contribution in [-0.2, 0) is 4.79 Å². The fourth-order valence-corrected chi connectivity index (χ4v) is 2.35. The van der Waals surface area contributed by atoms with Crippen LogP contribution < -0.4 is 0 Å². The number of hydrogen-bond acceptors (Lipinski definition) is 2. The monoisotopic (exact) mass is 296 g/mol. The summed E-state index contributed by atoms with van der Waals surface area (Å²) in [6, 6.07) is -0.655. The molecule has 1 atom stereocenters. The van der Waals surface area contributed by atoms with Gasteiger partial charge >= 0.3 is 18.2 Å². The van der Waals surface area contributed by atoms with Crippen LogP contribution >= 0.6 is 0 Å². The Bertz CT molecular complexity index is 360. The fourth-order valence-electron chi connectivity index (χ4n) is 2.35. The van der Waals surface area contributed by atoms with Crippen molar-refractivity contribution in [2.45, 2.75) is 32.4 Å². The molecule has 0 bridgehead atoms. The van der Waals surface area contributed by atoms with E-state index in [-0.39, 0.29) is 25.4 Å². The van der Waals surface area contributed by atoms with Gasteiger partial charge in [0.05, 0.1) is 0 Å². The highest BCUT2D eigenvalue weighted by Gasteiger charge is 2.36. The molecule has 2 amide bonds. The Morgan fingerprint density at radius 2 is 2.05 bits per heavy atom. The number of alkyl halides is 3. The minimum Gasteiger partial charge on any atom is -0.481 e. The van der Waals surface area contributed by atoms with Gasteiger partial charge in [-0.05, 0) is 18.8 Å². The first-order chi connectivity index (χ1) is 9.23. The highest BCUT2D eigenvalue weighted by atomic mass is 19.4. The average molecular weight is 296 g/mol. The number of carboxylic acids is 1. The molecule has 1 aliphatic heterocycles.